The highest BCUT2D eigenvalue weighted by atomic mass is 32.2. The lowest BCUT2D eigenvalue weighted by Gasteiger charge is -2.26. The van der Waals surface area contributed by atoms with Crippen LogP contribution in [0.3, 0.4) is 0 Å². The van der Waals surface area contributed by atoms with Gasteiger partial charge in [0.15, 0.2) is 9.84 Å². The van der Waals surface area contributed by atoms with E-state index in [9.17, 15) is 23.1 Å². The number of aromatic amines is 1. The topological polar surface area (TPSA) is 136 Å². The summed E-state index contributed by atoms with van der Waals surface area (Å²) in [4.78, 5) is 35.9. The number of carbonyl (C=O) groups is 2. The van der Waals surface area contributed by atoms with Crippen LogP contribution in [0.15, 0.2) is 72.9 Å². The van der Waals surface area contributed by atoms with Crippen molar-refractivity contribution in [3.05, 3.63) is 95.4 Å². The molecular weight excluding hydrogens is 578 g/mol. The molecule has 6 rings (SSSR count). The van der Waals surface area contributed by atoms with Crippen molar-refractivity contribution in [3.8, 4) is 22.4 Å². The number of sulfone groups is 1. The zero-order valence-corrected chi connectivity index (χ0v) is 25.3. The number of rotatable bonds is 7. The second-order valence-electron chi connectivity index (χ2n) is 11.5. The summed E-state index contributed by atoms with van der Waals surface area (Å²) >= 11 is 0. The number of H-pyrrole nitrogens is 1. The zero-order valence-electron chi connectivity index (χ0n) is 24.5. The molecule has 1 atom stereocenters. The Morgan fingerprint density at radius 1 is 0.977 bits per heavy atom. The molecule has 2 fully saturated rings. The molecule has 0 aliphatic carbocycles. The molecule has 3 aromatic carbocycles. The van der Waals surface area contributed by atoms with Crippen LogP contribution in [-0.4, -0.2) is 76.4 Å². The molecule has 228 valence electrons. The fourth-order valence-electron chi connectivity index (χ4n) is 5.95. The van der Waals surface area contributed by atoms with E-state index in [4.69, 9.17) is 0 Å². The van der Waals surface area contributed by atoms with Crippen LogP contribution in [0.25, 0.3) is 22.4 Å². The van der Waals surface area contributed by atoms with E-state index >= 15 is 0 Å². The Bertz CT molecular complexity index is 1770. The minimum absolute atomic E-state index is 0.198. The Hall–Kier alpha value is -4.48. The first-order chi connectivity index (χ1) is 21.1. The molecule has 44 heavy (non-hydrogen) atoms. The molecule has 1 aromatic heterocycles. The molecule has 10 nitrogen and oxygen atoms in total. The van der Waals surface area contributed by atoms with Gasteiger partial charge in [-0.1, -0.05) is 36.4 Å². The second-order valence-corrected chi connectivity index (χ2v) is 13.8. The van der Waals surface area contributed by atoms with Gasteiger partial charge in [-0.05, 0) is 77.9 Å². The quantitative estimate of drug-likeness (QED) is 0.256. The number of benzene rings is 3. The van der Waals surface area contributed by atoms with E-state index in [0.29, 0.717) is 43.3 Å². The highest BCUT2D eigenvalue weighted by Gasteiger charge is 2.32. The predicted molar refractivity (Wildman–Crippen MR) is 169 cm³/mol. The van der Waals surface area contributed by atoms with E-state index in [0.717, 1.165) is 46.4 Å². The fourth-order valence-corrected chi connectivity index (χ4v) is 7.23. The average Bonchev–Trinajstić information content (AvgIpc) is 3.70. The molecule has 3 heterocycles. The maximum atomic E-state index is 12.9. The van der Waals surface area contributed by atoms with Crippen molar-refractivity contribution in [3.63, 3.8) is 0 Å². The molecule has 0 spiro atoms. The van der Waals surface area contributed by atoms with Crippen molar-refractivity contribution in [1.82, 2.24) is 19.8 Å². The van der Waals surface area contributed by atoms with Crippen molar-refractivity contribution in [2.24, 2.45) is 0 Å². The summed E-state index contributed by atoms with van der Waals surface area (Å²) in [6.07, 6.45) is 2.42. The highest BCUT2D eigenvalue weighted by molar-refractivity contribution is 7.91. The number of hydrogen-bond acceptors (Lipinski definition) is 6. The number of carbonyl (C=O) groups excluding carboxylic acids is 1. The number of amides is 2. The maximum absolute atomic E-state index is 12.9. The van der Waals surface area contributed by atoms with Crippen molar-refractivity contribution in [2.75, 3.05) is 36.5 Å². The van der Waals surface area contributed by atoms with Crippen LogP contribution >= 0.6 is 0 Å². The Labute approximate surface area is 256 Å². The molecule has 0 bridgehead atoms. The number of carboxylic acid groups (broad SMARTS) is 1. The van der Waals surface area contributed by atoms with Crippen LogP contribution in [0.5, 0.6) is 0 Å². The van der Waals surface area contributed by atoms with Crippen LogP contribution in [0, 0.1) is 6.92 Å². The molecule has 0 radical (unpaired) electrons. The van der Waals surface area contributed by atoms with Gasteiger partial charge in [0, 0.05) is 37.4 Å². The summed E-state index contributed by atoms with van der Waals surface area (Å²) < 4.78 is 23.3. The van der Waals surface area contributed by atoms with Gasteiger partial charge >= 0.3 is 6.09 Å². The molecule has 0 saturated carbocycles. The monoisotopic (exact) mass is 613 g/mol. The lowest BCUT2D eigenvalue weighted by Crippen LogP contribution is -2.39. The van der Waals surface area contributed by atoms with Crippen molar-refractivity contribution >= 4 is 27.5 Å². The highest BCUT2D eigenvalue weighted by Crippen LogP contribution is 2.33. The first kappa shape index (κ1) is 29.6. The number of nitrogens with zero attached hydrogens (tertiary/aromatic N) is 3. The minimum Gasteiger partial charge on any atom is -0.465 e. The van der Waals surface area contributed by atoms with E-state index in [1.54, 1.807) is 6.20 Å². The van der Waals surface area contributed by atoms with Crippen molar-refractivity contribution < 1.29 is 23.1 Å². The van der Waals surface area contributed by atoms with Crippen LogP contribution in [-0.2, 0) is 16.4 Å². The molecule has 11 heteroatoms. The van der Waals surface area contributed by atoms with E-state index in [1.807, 2.05) is 67.6 Å². The van der Waals surface area contributed by atoms with Gasteiger partial charge in [0.05, 0.1) is 29.4 Å². The smallest absolute Gasteiger partial charge is 0.407 e. The molecule has 2 aliphatic heterocycles. The molecule has 1 unspecified atom stereocenters. The first-order valence-electron chi connectivity index (χ1n) is 14.7. The summed E-state index contributed by atoms with van der Waals surface area (Å²) in [5, 5.41) is 12.4. The molecular formula is C33H35N5O5S. The number of likely N-dealkylation sites (tertiary alicyclic amines) is 1. The molecule has 4 aromatic rings. The van der Waals surface area contributed by atoms with Crippen molar-refractivity contribution in [1.29, 1.82) is 0 Å². The SMILES string of the molecule is Cc1cc(-c2cnc(C3CCCN3C(=O)O)[nH]2)ccc1-c1ccc(C(=O)Nc2ccc(CN3CCS(=O)(=O)CC3)cc2)cc1. The Morgan fingerprint density at radius 2 is 1.68 bits per heavy atom. The molecule has 2 saturated heterocycles. The fraction of sp³-hybridized carbons (Fsp3) is 0.303. The standard InChI is InChI=1S/C33H35N5O5S/c1-22-19-26(29-20-34-31(36-29)30-3-2-14-38(30)33(40)41)10-13-28(22)24-6-8-25(9-7-24)32(39)35-27-11-4-23(5-12-27)21-37-15-17-44(42,43)18-16-37/h4-13,19-20,30H,2-3,14-18,21H2,1H3,(H,34,36)(H,35,39)(H,40,41). The van der Waals surface area contributed by atoms with Crippen LogP contribution in [0.2, 0.25) is 0 Å². The van der Waals surface area contributed by atoms with Crippen LogP contribution in [0.4, 0.5) is 10.5 Å². The third kappa shape index (κ3) is 6.53. The van der Waals surface area contributed by atoms with Gasteiger partial charge in [-0.15, -0.1) is 0 Å². The summed E-state index contributed by atoms with van der Waals surface area (Å²) in [7, 11) is -2.90. The van der Waals surface area contributed by atoms with Crippen LogP contribution < -0.4 is 5.32 Å². The zero-order chi connectivity index (χ0) is 30.8. The van der Waals surface area contributed by atoms with Gasteiger partial charge in [-0.25, -0.2) is 18.2 Å². The second kappa shape index (κ2) is 12.3. The average molecular weight is 614 g/mol. The maximum Gasteiger partial charge on any atom is 0.407 e. The Morgan fingerprint density at radius 3 is 2.36 bits per heavy atom. The summed E-state index contributed by atoms with van der Waals surface area (Å²) in [6.45, 7) is 4.33. The molecule has 2 aliphatic rings. The largest absolute Gasteiger partial charge is 0.465 e. The lowest BCUT2D eigenvalue weighted by atomic mass is 9.97. The van der Waals surface area contributed by atoms with Gasteiger partial charge in [0.25, 0.3) is 5.91 Å². The first-order valence-corrected chi connectivity index (χ1v) is 16.6. The number of hydrogen-bond donors (Lipinski definition) is 3. The predicted octanol–water partition coefficient (Wildman–Crippen LogP) is 5.35. The summed E-state index contributed by atoms with van der Waals surface area (Å²) in [5.41, 5.74) is 7.23. The number of imidazole rings is 1. The van der Waals surface area contributed by atoms with E-state index in [2.05, 4.69) is 26.3 Å². The Kier molecular flexibility index (Phi) is 8.24. The van der Waals surface area contributed by atoms with Gasteiger partial charge in [0.1, 0.15) is 5.82 Å². The minimum atomic E-state index is -2.90. The third-order valence-corrected chi connectivity index (χ3v) is 10.1. The number of aryl methyl sites for hydroxylation is 1. The number of aromatic nitrogens is 2. The third-order valence-electron chi connectivity index (χ3n) is 8.46. The van der Waals surface area contributed by atoms with Gasteiger partial charge < -0.3 is 15.4 Å². The van der Waals surface area contributed by atoms with Gasteiger partial charge in [-0.2, -0.15) is 0 Å². The van der Waals surface area contributed by atoms with E-state index in [-0.39, 0.29) is 23.5 Å². The van der Waals surface area contributed by atoms with Gasteiger partial charge in [-0.3, -0.25) is 14.6 Å². The van der Waals surface area contributed by atoms with Crippen molar-refractivity contribution in [2.45, 2.75) is 32.4 Å². The molecule has 3 N–H and O–H groups in total. The normalized spacial score (nSPS) is 18.3. The summed E-state index contributed by atoms with van der Waals surface area (Å²) in [6, 6.07) is 21.0. The van der Waals surface area contributed by atoms with Gasteiger partial charge in [0.2, 0.25) is 0 Å². The summed E-state index contributed by atoms with van der Waals surface area (Å²) in [5.74, 6) is 0.876. The lowest BCUT2D eigenvalue weighted by molar-refractivity contribution is 0.102. The molecule has 2 amide bonds. The Balaban J connectivity index is 1.07. The van der Waals surface area contributed by atoms with Crippen LogP contribution in [0.1, 0.15) is 46.2 Å². The number of anilines is 1. The van der Waals surface area contributed by atoms with E-state index in [1.165, 1.54) is 4.90 Å². The van der Waals surface area contributed by atoms with E-state index < -0.39 is 15.9 Å². The number of nitrogens with one attached hydrogen (secondary N) is 2.